The fourth-order valence-corrected chi connectivity index (χ4v) is 2.94. The van der Waals surface area contributed by atoms with Gasteiger partial charge in [0.15, 0.2) is 0 Å². The summed E-state index contributed by atoms with van der Waals surface area (Å²) in [5, 5.41) is 2.62. The van der Waals surface area contributed by atoms with E-state index in [9.17, 15) is 18.0 Å². The number of amides is 1. The van der Waals surface area contributed by atoms with Crippen molar-refractivity contribution in [1.82, 2.24) is 0 Å². The highest BCUT2D eigenvalue weighted by molar-refractivity contribution is 5.95. The van der Waals surface area contributed by atoms with E-state index in [1.807, 2.05) is 6.92 Å². The van der Waals surface area contributed by atoms with Crippen LogP contribution in [-0.4, -0.2) is 5.91 Å². The van der Waals surface area contributed by atoms with E-state index >= 15 is 0 Å². The first-order chi connectivity index (χ1) is 9.78. The summed E-state index contributed by atoms with van der Waals surface area (Å²) in [6.45, 7) is 1.94. The predicted molar refractivity (Wildman–Crippen MR) is 75.7 cm³/mol. The number of carbonyl (C=O) groups excluding carboxylic acids is 1. The molecule has 0 spiro atoms. The molecule has 3 nitrogen and oxygen atoms in total. The average molecular weight is 300 g/mol. The van der Waals surface area contributed by atoms with Gasteiger partial charge in [-0.2, -0.15) is 13.2 Å². The molecule has 1 fully saturated rings. The lowest BCUT2D eigenvalue weighted by Crippen LogP contribution is -2.33. The standard InChI is InChI=1S/C15H19F3N2O/c1-2-14(7-3-4-8-14)13(21)20-10-5-6-12(19)11(9-10)15(16,17)18/h5-6,9H,2-4,7-8,19H2,1H3,(H,20,21). The van der Waals surface area contributed by atoms with Crippen molar-refractivity contribution in [2.75, 3.05) is 11.1 Å². The van der Waals surface area contributed by atoms with Crippen LogP contribution in [0.2, 0.25) is 0 Å². The first-order valence-electron chi connectivity index (χ1n) is 7.07. The highest BCUT2D eigenvalue weighted by Gasteiger charge is 2.39. The van der Waals surface area contributed by atoms with Crippen LogP contribution in [0.4, 0.5) is 24.5 Å². The molecule has 1 aliphatic carbocycles. The molecule has 21 heavy (non-hydrogen) atoms. The molecule has 116 valence electrons. The fourth-order valence-electron chi connectivity index (χ4n) is 2.94. The van der Waals surface area contributed by atoms with Crippen molar-refractivity contribution in [3.8, 4) is 0 Å². The Labute approximate surface area is 121 Å². The van der Waals surface area contributed by atoms with Gasteiger partial charge < -0.3 is 11.1 Å². The molecule has 1 aromatic carbocycles. The van der Waals surface area contributed by atoms with Crippen LogP contribution >= 0.6 is 0 Å². The van der Waals surface area contributed by atoms with Crippen LogP contribution in [0.25, 0.3) is 0 Å². The van der Waals surface area contributed by atoms with Crippen LogP contribution in [0, 0.1) is 5.41 Å². The Kier molecular flexibility index (Phi) is 4.16. The van der Waals surface area contributed by atoms with Crippen molar-refractivity contribution >= 4 is 17.3 Å². The number of hydrogen-bond donors (Lipinski definition) is 2. The third kappa shape index (κ3) is 3.14. The molecule has 1 aromatic rings. The van der Waals surface area contributed by atoms with Crippen LogP contribution in [0.15, 0.2) is 18.2 Å². The zero-order chi connectivity index (χ0) is 15.7. The largest absolute Gasteiger partial charge is 0.418 e. The molecule has 0 unspecified atom stereocenters. The highest BCUT2D eigenvalue weighted by Crippen LogP contribution is 2.42. The molecule has 0 saturated heterocycles. The maximum atomic E-state index is 12.8. The van der Waals surface area contributed by atoms with Gasteiger partial charge in [-0.05, 0) is 37.5 Å². The molecule has 0 heterocycles. The number of carbonyl (C=O) groups is 1. The van der Waals surface area contributed by atoms with Crippen molar-refractivity contribution in [3.05, 3.63) is 23.8 Å². The number of anilines is 2. The summed E-state index contributed by atoms with van der Waals surface area (Å²) in [7, 11) is 0. The number of nitrogens with one attached hydrogen (secondary N) is 1. The maximum absolute atomic E-state index is 12.8. The summed E-state index contributed by atoms with van der Waals surface area (Å²) in [6.07, 6.45) is -0.291. The second-order valence-corrected chi connectivity index (χ2v) is 5.59. The molecule has 0 atom stereocenters. The lowest BCUT2D eigenvalue weighted by Gasteiger charge is -2.26. The van der Waals surface area contributed by atoms with E-state index < -0.39 is 17.2 Å². The molecule has 0 bridgehead atoms. The number of nitrogen functional groups attached to an aromatic ring is 1. The van der Waals surface area contributed by atoms with Crippen molar-refractivity contribution in [2.24, 2.45) is 5.41 Å². The molecule has 3 N–H and O–H groups in total. The van der Waals surface area contributed by atoms with E-state index in [2.05, 4.69) is 5.32 Å². The van der Waals surface area contributed by atoms with Crippen molar-refractivity contribution < 1.29 is 18.0 Å². The molecule has 2 rings (SSSR count). The summed E-state index contributed by atoms with van der Waals surface area (Å²) in [5.74, 6) is -0.194. The molecule has 0 radical (unpaired) electrons. The molecule has 6 heteroatoms. The lowest BCUT2D eigenvalue weighted by molar-refractivity contribution is -0.137. The number of rotatable bonds is 3. The number of nitrogens with two attached hydrogens (primary N) is 1. The van der Waals surface area contributed by atoms with E-state index in [-0.39, 0.29) is 17.3 Å². The minimum Gasteiger partial charge on any atom is -0.398 e. The highest BCUT2D eigenvalue weighted by atomic mass is 19.4. The Hall–Kier alpha value is -1.72. The van der Waals surface area contributed by atoms with E-state index in [1.165, 1.54) is 12.1 Å². The topological polar surface area (TPSA) is 55.1 Å². The normalized spacial score (nSPS) is 17.7. The van der Waals surface area contributed by atoms with Gasteiger partial charge in [-0.15, -0.1) is 0 Å². The van der Waals surface area contributed by atoms with Crippen LogP contribution in [0.1, 0.15) is 44.6 Å². The predicted octanol–water partition coefficient (Wildman–Crippen LogP) is 4.20. The van der Waals surface area contributed by atoms with Gasteiger partial charge in [-0.3, -0.25) is 4.79 Å². The lowest BCUT2D eigenvalue weighted by atomic mass is 9.82. The van der Waals surface area contributed by atoms with E-state index in [0.29, 0.717) is 6.42 Å². The van der Waals surface area contributed by atoms with Crippen molar-refractivity contribution in [2.45, 2.75) is 45.2 Å². The van der Waals surface area contributed by atoms with Gasteiger partial charge in [-0.1, -0.05) is 19.8 Å². The summed E-state index contributed by atoms with van der Waals surface area (Å²) in [4.78, 5) is 12.4. The molecule has 1 aliphatic rings. The number of alkyl halides is 3. The summed E-state index contributed by atoms with van der Waals surface area (Å²) in [5.41, 5.74) is 3.78. The van der Waals surface area contributed by atoms with Gasteiger partial charge in [0.25, 0.3) is 0 Å². The average Bonchev–Trinajstić information content (AvgIpc) is 2.89. The number of halogens is 3. The minimum absolute atomic E-state index is 0.140. The molecular weight excluding hydrogens is 281 g/mol. The van der Waals surface area contributed by atoms with Gasteiger partial charge in [-0.25, -0.2) is 0 Å². The summed E-state index contributed by atoms with van der Waals surface area (Å²) >= 11 is 0. The maximum Gasteiger partial charge on any atom is 0.418 e. The molecule has 0 aliphatic heterocycles. The summed E-state index contributed by atoms with van der Waals surface area (Å²) < 4.78 is 38.4. The monoisotopic (exact) mass is 300 g/mol. The first kappa shape index (κ1) is 15.7. The van der Waals surface area contributed by atoms with Crippen LogP contribution in [0.3, 0.4) is 0 Å². The molecule has 1 saturated carbocycles. The quantitative estimate of drug-likeness (QED) is 0.822. The zero-order valence-corrected chi connectivity index (χ0v) is 11.9. The van der Waals surface area contributed by atoms with E-state index in [0.717, 1.165) is 31.7 Å². The minimum atomic E-state index is -4.53. The van der Waals surface area contributed by atoms with Crippen molar-refractivity contribution in [1.29, 1.82) is 0 Å². The second-order valence-electron chi connectivity index (χ2n) is 5.59. The smallest absolute Gasteiger partial charge is 0.398 e. The van der Waals surface area contributed by atoms with Gasteiger partial charge >= 0.3 is 6.18 Å². The third-order valence-corrected chi connectivity index (χ3v) is 4.34. The van der Waals surface area contributed by atoms with Gasteiger partial charge in [0.05, 0.1) is 5.56 Å². The third-order valence-electron chi connectivity index (χ3n) is 4.34. The first-order valence-corrected chi connectivity index (χ1v) is 7.07. The van der Waals surface area contributed by atoms with Crippen molar-refractivity contribution in [3.63, 3.8) is 0 Å². The van der Waals surface area contributed by atoms with E-state index in [1.54, 1.807) is 0 Å². The number of hydrogen-bond acceptors (Lipinski definition) is 2. The van der Waals surface area contributed by atoms with Gasteiger partial charge in [0, 0.05) is 16.8 Å². The number of benzene rings is 1. The van der Waals surface area contributed by atoms with Gasteiger partial charge in [0.1, 0.15) is 0 Å². The Morgan fingerprint density at radius 2 is 1.95 bits per heavy atom. The van der Waals surface area contributed by atoms with Crippen LogP contribution < -0.4 is 11.1 Å². The Balaban J connectivity index is 2.22. The van der Waals surface area contributed by atoms with Crippen LogP contribution in [-0.2, 0) is 11.0 Å². The Bertz CT molecular complexity index is 534. The zero-order valence-electron chi connectivity index (χ0n) is 11.9. The second kappa shape index (κ2) is 5.58. The van der Waals surface area contributed by atoms with Crippen LogP contribution in [0.5, 0.6) is 0 Å². The molecular formula is C15H19F3N2O. The molecule has 1 amide bonds. The molecule has 0 aromatic heterocycles. The van der Waals surface area contributed by atoms with Gasteiger partial charge in [0.2, 0.25) is 5.91 Å². The Morgan fingerprint density at radius 3 is 2.48 bits per heavy atom. The SMILES string of the molecule is CCC1(C(=O)Nc2ccc(N)c(C(F)(F)F)c2)CCCC1. The Morgan fingerprint density at radius 1 is 1.33 bits per heavy atom. The van der Waals surface area contributed by atoms with E-state index in [4.69, 9.17) is 5.73 Å². The summed E-state index contributed by atoms with van der Waals surface area (Å²) in [6, 6.07) is 3.47. The fraction of sp³-hybridized carbons (Fsp3) is 0.533.